The van der Waals surface area contributed by atoms with Gasteiger partial charge < -0.3 is 15.0 Å². The third kappa shape index (κ3) is 3.45. The van der Waals surface area contributed by atoms with Crippen molar-refractivity contribution in [3.8, 4) is 0 Å². The van der Waals surface area contributed by atoms with E-state index in [1.807, 2.05) is 4.90 Å². The molecule has 0 radical (unpaired) electrons. The number of rotatable bonds is 3. The molecule has 2 saturated heterocycles. The highest BCUT2D eigenvalue weighted by molar-refractivity contribution is 5.79. The number of hydrogen-bond acceptors (Lipinski definition) is 3. The minimum atomic E-state index is 0.224. The van der Waals surface area contributed by atoms with Crippen LogP contribution in [0.3, 0.4) is 0 Å². The first-order valence-electron chi connectivity index (χ1n) is 7.34. The first-order valence-corrected chi connectivity index (χ1v) is 7.34. The van der Waals surface area contributed by atoms with Crippen molar-refractivity contribution in [3.63, 3.8) is 0 Å². The Morgan fingerprint density at radius 2 is 2.33 bits per heavy atom. The average Bonchev–Trinajstić information content (AvgIpc) is 2.39. The Morgan fingerprint density at radius 3 is 3.06 bits per heavy atom. The Balaban J connectivity index is 1.87. The van der Waals surface area contributed by atoms with E-state index < -0.39 is 0 Å². The molecule has 0 aliphatic carbocycles. The van der Waals surface area contributed by atoms with Crippen molar-refractivity contribution in [1.29, 1.82) is 0 Å². The van der Waals surface area contributed by atoms with Gasteiger partial charge in [0, 0.05) is 25.0 Å². The van der Waals surface area contributed by atoms with Gasteiger partial charge in [0.05, 0.1) is 12.7 Å². The van der Waals surface area contributed by atoms with Crippen molar-refractivity contribution in [2.45, 2.75) is 51.7 Å². The molecule has 1 unspecified atom stereocenters. The number of carbonyl (C=O) groups is 1. The Hall–Kier alpha value is -0.610. The van der Waals surface area contributed by atoms with Crippen LogP contribution in [0, 0.1) is 5.92 Å². The zero-order chi connectivity index (χ0) is 13.0. The number of morpholine rings is 1. The molecule has 18 heavy (non-hydrogen) atoms. The van der Waals surface area contributed by atoms with Crippen LogP contribution in [0.15, 0.2) is 0 Å². The van der Waals surface area contributed by atoms with E-state index >= 15 is 0 Å². The molecule has 4 nitrogen and oxygen atoms in total. The smallest absolute Gasteiger partial charge is 0.225 e. The SMILES string of the molecule is CCCC1CN(C(=O)[C@H]2CCN[C@@H](C)C2)CCO1. The summed E-state index contributed by atoms with van der Waals surface area (Å²) in [7, 11) is 0. The van der Waals surface area contributed by atoms with Gasteiger partial charge in [-0.05, 0) is 32.7 Å². The summed E-state index contributed by atoms with van der Waals surface area (Å²) in [6.45, 7) is 7.58. The van der Waals surface area contributed by atoms with Crippen LogP contribution < -0.4 is 5.32 Å². The lowest BCUT2D eigenvalue weighted by molar-refractivity contribution is -0.144. The van der Waals surface area contributed by atoms with E-state index in [4.69, 9.17) is 4.74 Å². The van der Waals surface area contributed by atoms with Gasteiger partial charge in [0.2, 0.25) is 5.91 Å². The number of amides is 1. The molecule has 1 N–H and O–H groups in total. The zero-order valence-corrected chi connectivity index (χ0v) is 11.7. The molecule has 104 valence electrons. The second-order valence-corrected chi connectivity index (χ2v) is 5.64. The second-order valence-electron chi connectivity index (χ2n) is 5.64. The van der Waals surface area contributed by atoms with Crippen molar-refractivity contribution < 1.29 is 9.53 Å². The highest BCUT2D eigenvalue weighted by Gasteiger charge is 2.31. The van der Waals surface area contributed by atoms with Crippen LogP contribution in [-0.2, 0) is 9.53 Å². The lowest BCUT2D eigenvalue weighted by Gasteiger charge is -2.37. The first kappa shape index (κ1) is 13.8. The fourth-order valence-electron chi connectivity index (χ4n) is 3.03. The van der Waals surface area contributed by atoms with Crippen molar-refractivity contribution in [2.75, 3.05) is 26.2 Å². The van der Waals surface area contributed by atoms with Crippen LogP contribution in [0.4, 0.5) is 0 Å². The fraction of sp³-hybridized carbons (Fsp3) is 0.929. The molecule has 2 aliphatic heterocycles. The molecule has 2 rings (SSSR count). The van der Waals surface area contributed by atoms with Crippen molar-refractivity contribution >= 4 is 5.91 Å². The summed E-state index contributed by atoms with van der Waals surface area (Å²) in [5, 5.41) is 3.40. The quantitative estimate of drug-likeness (QED) is 0.828. The number of nitrogens with zero attached hydrogens (tertiary/aromatic N) is 1. The van der Waals surface area contributed by atoms with E-state index in [0.29, 0.717) is 18.6 Å². The maximum atomic E-state index is 12.5. The Labute approximate surface area is 110 Å². The van der Waals surface area contributed by atoms with E-state index in [9.17, 15) is 4.79 Å². The van der Waals surface area contributed by atoms with Gasteiger partial charge in [0.15, 0.2) is 0 Å². The molecule has 2 aliphatic rings. The molecular weight excluding hydrogens is 228 g/mol. The average molecular weight is 254 g/mol. The van der Waals surface area contributed by atoms with Crippen LogP contribution in [0.25, 0.3) is 0 Å². The molecule has 0 spiro atoms. The molecule has 2 heterocycles. The van der Waals surface area contributed by atoms with Crippen molar-refractivity contribution in [1.82, 2.24) is 10.2 Å². The topological polar surface area (TPSA) is 41.6 Å². The molecule has 0 aromatic carbocycles. The largest absolute Gasteiger partial charge is 0.375 e. The highest BCUT2D eigenvalue weighted by atomic mass is 16.5. The third-order valence-electron chi connectivity index (χ3n) is 4.03. The maximum absolute atomic E-state index is 12.5. The minimum Gasteiger partial charge on any atom is -0.375 e. The number of piperidine rings is 1. The van der Waals surface area contributed by atoms with E-state index in [2.05, 4.69) is 19.2 Å². The van der Waals surface area contributed by atoms with Crippen LogP contribution in [0.2, 0.25) is 0 Å². The summed E-state index contributed by atoms with van der Waals surface area (Å²) < 4.78 is 5.70. The number of ether oxygens (including phenoxy) is 1. The second kappa shape index (κ2) is 6.53. The standard InChI is InChI=1S/C14H26N2O2/c1-3-4-13-10-16(7-8-18-13)14(17)12-5-6-15-11(2)9-12/h11-13,15H,3-10H2,1-2H3/t11-,12-,13?/m0/s1. The van der Waals surface area contributed by atoms with Crippen LogP contribution >= 0.6 is 0 Å². The van der Waals surface area contributed by atoms with E-state index in [1.165, 1.54) is 0 Å². The van der Waals surface area contributed by atoms with Crippen molar-refractivity contribution in [2.24, 2.45) is 5.92 Å². The molecule has 0 aromatic rings. The molecule has 0 bridgehead atoms. The normalized spacial score (nSPS) is 33.4. The van der Waals surface area contributed by atoms with Gasteiger partial charge in [-0.3, -0.25) is 4.79 Å². The van der Waals surface area contributed by atoms with Gasteiger partial charge in [0.1, 0.15) is 0 Å². The maximum Gasteiger partial charge on any atom is 0.225 e. The molecule has 2 fully saturated rings. The van der Waals surface area contributed by atoms with E-state index in [0.717, 1.165) is 45.3 Å². The minimum absolute atomic E-state index is 0.224. The number of carbonyl (C=O) groups excluding carboxylic acids is 1. The summed E-state index contributed by atoms with van der Waals surface area (Å²) in [5.41, 5.74) is 0. The Kier molecular flexibility index (Phi) is 5.01. The summed E-state index contributed by atoms with van der Waals surface area (Å²) in [6.07, 6.45) is 4.41. The summed E-state index contributed by atoms with van der Waals surface area (Å²) in [4.78, 5) is 14.5. The molecule has 0 aromatic heterocycles. The fourth-order valence-corrected chi connectivity index (χ4v) is 3.03. The Morgan fingerprint density at radius 1 is 1.50 bits per heavy atom. The number of nitrogens with one attached hydrogen (secondary N) is 1. The Bertz CT molecular complexity index is 281. The van der Waals surface area contributed by atoms with Gasteiger partial charge in [-0.15, -0.1) is 0 Å². The van der Waals surface area contributed by atoms with Gasteiger partial charge in [-0.1, -0.05) is 13.3 Å². The predicted octanol–water partition coefficient (Wildman–Crippen LogP) is 1.40. The van der Waals surface area contributed by atoms with Crippen LogP contribution in [0.5, 0.6) is 0 Å². The third-order valence-corrected chi connectivity index (χ3v) is 4.03. The molecule has 0 saturated carbocycles. The lowest BCUT2D eigenvalue weighted by Crippen LogP contribution is -2.50. The molecular formula is C14H26N2O2. The lowest BCUT2D eigenvalue weighted by atomic mass is 9.91. The van der Waals surface area contributed by atoms with E-state index in [-0.39, 0.29) is 12.0 Å². The first-order chi connectivity index (χ1) is 8.70. The summed E-state index contributed by atoms with van der Waals surface area (Å²) in [6, 6.07) is 0.472. The molecule has 4 heteroatoms. The van der Waals surface area contributed by atoms with Crippen LogP contribution in [-0.4, -0.2) is 49.2 Å². The highest BCUT2D eigenvalue weighted by Crippen LogP contribution is 2.21. The summed E-state index contributed by atoms with van der Waals surface area (Å²) in [5.74, 6) is 0.578. The molecule has 1 amide bonds. The summed E-state index contributed by atoms with van der Waals surface area (Å²) >= 11 is 0. The van der Waals surface area contributed by atoms with Gasteiger partial charge in [-0.2, -0.15) is 0 Å². The van der Waals surface area contributed by atoms with Gasteiger partial charge in [0.25, 0.3) is 0 Å². The van der Waals surface area contributed by atoms with Crippen LogP contribution in [0.1, 0.15) is 39.5 Å². The number of hydrogen-bond donors (Lipinski definition) is 1. The van der Waals surface area contributed by atoms with Gasteiger partial charge in [-0.25, -0.2) is 0 Å². The van der Waals surface area contributed by atoms with Crippen molar-refractivity contribution in [3.05, 3.63) is 0 Å². The van der Waals surface area contributed by atoms with Gasteiger partial charge >= 0.3 is 0 Å². The van der Waals surface area contributed by atoms with E-state index in [1.54, 1.807) is 0 Å². The zero-order valence-electron chi connectivity index (χ0n) is 11.7. The molecule has 3 atom stereocenters. The monoisotopic (exact) mass is 254 g/mol. The predicted molar refractivity (Wildman–Crippen MR) is 71.4 cm³/mol.